The number of nitrogens with zero attached hydrogens (tertiary/aromatic N) is 2. The molecular formula is C19H16Cl2N2O. The van der Waals surface area contributed by atoms with E-state index in [2.05, 4.69) is 4.98 Å². The fraction of sp³-hybridized carbons (Fsp3) is 0.158. The zero-order chi connectivity index (χ0) is 17.3. The Morgan fingerprint density at radius 2 is 1.38 bits per heavy atom. The van der Waals surface area contributed by atoms with Gasteiger partial charge in [0.05, 0.1) is 5.69 Å². The molecule has 0 radical (unpaired) electrons. The van der Waals surface area contributed by atoms with Crippen molar-refractivity contribution in [2.75, 3.05) is 0 Å². The number of hydrogen-bond acceptors (Lipinski definition) is 2. The molecule has 0 saturated carbocycles. The van der Waals surface area contributed by atoms with Crippen molar-refractivity contribution >= 4 is 23.2 Å². The van der Waals surface area contributed by atoms with Crippen molar-refractivity contribution < 1.29 is 0 Å². The Kier molecular flexibility index (Phi) is 4.74. The summed E-state index contributed by atoms with van der Waals surface area (Å²) in [6, 6.07) is 14.6. The number of hydrogen-bond donors (Lipinski definition) is 0. The monoisotopic (exact) mass is 358 g/mol. The van der Waals surface area contributed by atoms with E-state index in [0.29, 0.717) is 15.7 Å². The average molecular weight is 359 g/mol. The van der Waals surface area contributed by atoms with Gasteiger partial charge in [-0.25, -0.2) is 4.98 Å². The van der Waals surface area contributed by atoms with E-state index in [-0.39, 0.29) is 11.6 Å². The van der Waals surface area contributed by atoms with Crippen LogP contribution in [0.4, 0.5) is 0 Å². The van der Waals surface area contributed by atoms with Crippen LogP contribution in [0.1, 0.15) is 19.9 Å². The predicted octanol–water partition coefficient (Wildman–Crippen LogP) is 5.47. The predicted molar refractivity (Wildman–Crippen MR) is 99.8 cm³/mol. The van der Waals surface area contributed by atoms with Gasteiger partial charge in [0.25, 0.3) is 5.56 Å². The van der Waals surface area contributed by atoms with Gasteiger partial charge in [0.2, 0.25) is 0 Å². The molecule has 5 heteroatoms. The van der Waals surface area contributed by atoms with E-state index in [0.717, 1.165) is 16.8 Å². The van der Waals surface area contributed by atoms with E-state index < -0.39 is 0 Å². The molecule has 1 heterocycles. The van der Waals surface area contributed by atoms with Crippen molar-refractivity contribution in [3.8, 4) is 22.5 Å². The van der Waals surface area contributed by atoms with Gasteiger partial charge in [0, 0.05) is 33.4 Å². The molecule has 0 atom stereocenters. The number of benzene rings is 2. The first kappa shape index (κ1) is 16.7. The Morgan fingerprint density at radius 1 is 0.875 bits per heavy atom. The molecule has 3 nitrogen and oxygen atoms in total. The van der Waals surface area contributed by atoms with E-state index >= 15 is 0 Å². The van der Waals surface area contributed by atoms with Crippen LogP contribution in [-0.4, -0.2) is 9.55 Å². The third-order valence-electron chi connectivity index (χ3n) is 3.74. The summed E-state index contributed by atoms with van der Waals surface area (Å²) in [4.78, 5) is 17.4. The van der Waals surface area contributed by atoms with Crippen LogP contribution in [0, 0.1) is 0 Å². The largest absolute Gasteiger partial charge is 0.309 e. The quantitative estimate of drug-likeness (QED) is 0.622. The first-order valence-corrected chi connectivity index (χ1v) is 8.36. The van der Waals surface area contributed by atoms with Crippen molar-refractivity contribution in [2.24, 2.45) is 0 Å². The molecule has 0 saturated heterocycles. The lowest BCUT2D eigenvalue weighted by Crippen LogP contribution is -2.24. The third kappa shape index (κ3) is 3.37. The fourth-order valence-corrected chi connectivity index (χ4v) is 2.70. The standard InChI is InChI=1S/C19H16Cl2N2O/c1-12(2)23-11-17(13-3-7-15(20)8-4-13)22-18(19(23)24)14-5-9-16(21)10-6-14/h3-12H,1-2H3. The SMILES string of the molecule is CC(C)n1cc(-c2ccc(Cl)cc2)nc(-c2ccc(Cl)cc2)c1=O. The van der Waals surface area contributed by atoms with Crippen LogP contribution in [0.15, 0.2) is 59.5 Å². The van der Waals surface area contributed by atoms with Crippen molar-refractivity contribution in [1.82, 2.24) is 9.55 Å². The summed E-state index contributed by atoms with van der Waals surface area (Å²) in [5.74, 6) is 0. The van der Waals surface area contributed by atoms with Gasteiger partial charge in [0.1, 0.15) is 5.69 Å². The molecule has 0 spiro atoms. The molecule has 0 fully saturated rings. The molecule has 0 bridgehead atoms. The maximum Gasteiger partial charge on any atom is 0.277 e. The number of halogens is 2. The first-order valence-electron chi connectivity index (χ1n) is 7.61. The molecule has 24 heavy (non-hydrogen) atoms. The van der Waals surface area contributed by atoms with Gasteiger partial charge < -0.3 is 4.57 Å². The molecule has 3 rings (SSSR count). The summed E-state index contributed by atoms with van der Waals surface area (Å²) in [6.45, 7) is 3.94. The zero-order valence-electron chi connectivity index (χ0n) is 13.3. The fourth-order valence-electron chi connectivity index (χ4n) is 2.45. The molecule has 0 aliphatic heterocycles. The summed E-state index contributed by atoms with van der Waals surface area (Å²) in [5, 5.41) is 1.28. The molecule has 1 aromatic heterocycles. The minimum atomic E-state index is -0.120. The average Bonchev–Trinajstić information content (AvgIpc) is 2.56. The molecule has 2 aromatic carbocycles. The highest BCUT2D eigenvalue weighted by Crippen LogP contribution is 2.23. The van der Waals surface area contributed by atoms with Crippen LogP contribution in [0.3, 0.4) is 0 Å². The smallest absolute Gasteiger partial charge is 0.277 e. The Bertz CT molecular complexity index is 914. The molecule has 0 N–H and O–H groups in total. The molecule has 0 aliphatic rings. The molecular weight excluding hydrogens is 343 g/mol. The van der Waals surface area contributed by atoms with Crippen molar-refractivity contribution in [3.63, 3.8) is 0 Å². The minimum absolute atomic E-state index is 0.0256. The second-order valence-corrected chi connectivity index (χ2v) is 6.67. The maximum atomic E-state index is 12.8. The highest BCUT2D eigenvalue weighted by molar-refractivity contribution is 6.30. The highest BCUT2D eigenvalue weighted by Gasteiger charge is 2.14. The van der Waals surface area contributed by atoms with Gasteiger partial charge in [-0.1, -0.05) is 47.5 Å². The topological polar surface area (TPSA) is 34.9 Å². The lowest BCUT2D eigenvalue weighted by atomic mass is 10.1. The van der Waals surface area contributed by atoms with E-state index in [4.69, 9.17) is 23.2 Å². The van der Waals surface area contributed by atoms with E-state index in [1.165, 1.54) is 0 Å². The minimum Gasteiger partial charge on any atom is -0.309 e. The summed E-state index contributed by atoms with van der Waals surface area (Å²) >= 11 is 11.9. The van der Waals surface area contributed by atoms with Crippen LogP contribution in [0.25, 0.3) is 22.5 Å². The van der Waals surface area contributed by atoms with Crippen molar-refractivity contribution in [1.29, 1.82) is 0 Å². The summed E-state index contributed by atoms with van der Waals surface area (Å²) in [6.07, 6.45) is 1.79. The highest BCUT2D eigenvalue weighted by atomic mass is 35.5. The summed E-state index contributed by atoms with van der Waals surface area (Å²) in [7, 11) is 0. The number of aromatic nitrogens is 2. The van der Waals surface area contributed by atoms with Crippen LogP contribution < -0.4 is 5.56 Å². The Labute approximate surface area is 150 Å². The normalized spacial score (nSPS) is 11.0. The van der Waals surface area contributed by atoms with Crippen LogP contribution >= 0.6 is 23.2 Å². The van der Waals surface area contributed by atoms with Gasteiger partial charge in [-0.15, -0.1) is 0 Å². The van der Waals surface area contributed by atoms with Crippen molar-refractivity contribution in [2.45, 2.75) is 19.9 Å². The lowest BCUT2D eigenvalue weighted by Gasteiger charge is -2.14. The molecule has 0 amide bonds. The number of rotatable bonds is 3. The van der Waals surface area contributed by atoms with Crippen LogP contribution in [-0.2, 0) is 0 Å². The summed E-state index contributed by atoms with van der Waals surface area (Å²) < 4.78 is 1.70. The third-order valence-corrected chi connectivity index (χ3v) is 4.25. The molecule has 3 aromatic rings. The Morgan fingerprint density at radius 3 is 1.88 bits per heavy atom. The maximum absolute atomic E-state index is 12.8. The van der Waals surface area contributed by atoms with E-state index in [1.807, 2.05) is 50.2 Å². The Balaban J connectivity index is 2.23. The molecule has 0 aliphatic carbocycles. The van der Waals surface area contributed by atoms with Gasteiger partial charge in [-0.3, -0.25) is 4.79 Å². The lowest BCUT2D eigenvalue weighted by molar-refractivity contribution is 0.576. The van der Waals surface area contributed by atoms with Gasteiger partial charge in [-0.2, -0.15) is 0 Å². The van der Waals surface area contributed by atoms with Gasteiger partial charge in [0.15, 0.2) is 0 Å². The first-order chi connectivity index (χ1) is 11.5. The molecule has 0 unspecified atom stereocenters. The second-order valence-electron chi connectivity index (χ2n) is 5.79. The van der Waals surface area contributed by atoms with Gasteiger partial charge >= 0.3 is 0 Å². The van der Waals surface area contributed by atoms with Crippen LogP contribution in [0.5, 0.6) is 0 Å². The van der Waals surface area contributed by atoms with Gasteiger partial charge in [-0.05, 0) is 38.1 Å². The zero-order valence-corrected chi connectivity index (χ0v) is 14.8. The van der Waals surface area contributed by atoms with E-state index in [1.54, 1.807) is 22.9 Å². The van der Waals surface area contributed by atoms with E-state index in [9.17, 15) is 4.79 Å². The van der Waals surface area contributed by atoms with Crippen molar-refractivity contribution in [3.05, 3.63) is 75.1 Å². The van der Waals surface area contributed by atoms with Crippen LogP contribution in [0.2, 0.25) is 10.0 Å². The second kappa shape index (κ2) is 6.80. The molecule has 122 valence electrons. The summed E-state index contributed by atoms with van der Waals surface area (Å²) in [5.41, 5.74) is 2.67. The Hall–Kier alpha value is -2.10.